The van der Waals surface area contributed by atoms with Crippen molar-refractivity contribution >= 4 is 28.9 Å². The van der Waals surface area contributed by atoms with Crippen molar-refractivity contribution in [2.75, 3.05) is 24.3 Å². The summed E-state index contributed by atoms with van der Waals surface area (Å²) in [4.78, 5) is 33.8. The second-order valence-corrected chi connectivity index (χ2v) is 5.19. The lowest BCUT2D eigenvalue weighted by Crippen LogP contribution is -2.17. The van der Waals surface area contributed by atoms with Gasteiger partial charge in [-0.3, -0.25) is 14.9 Å². The normalized spacial score (nSPS) is 10.1. The van der Waals surface area contributed by atoms with Gasteiger partial charge in [-0.15, -0.1) is 0 Å². The van der Waals surface area contributed by atoms with Gasteiger partial charge in [-0.25, -0.2) is 9.18 Å². The largest absolute Gasteiger partial charge is 0.465 e. The van der Waals surface area contributed by atoms with E-state index in [1.54, 1.807) is 6.07 Å². The third-order valence-corrected chi connectivity index (χ3v) is 3.43. The molecule has 8 nitrogen and oxygen atoms in total. The molecule has 2 aromatic carbocycles. The van der Waals surface area contributed by atoms with Crippen LogP contribution in [0.15, 0.2) is 42.5 Å². The van der Waals surface area contributed by atoms with Crippen LogP contribution in [0.5, 0.6) is 0 Å². The van der Waals surface area contributed by atoms with E-state index >= 15 is 0 Å². The topological polar surface area (TPSA) is 111 Å². The molecule has 2 N–H and O–H groups in total. The summed E-state index contributed by atoms with van der Waals surface area (Å²) in [6.07, 6.45) is -0.0616. The molecule has 2 rings (SSSR count). The number of nitrogens with zero attached hydrogens (tertiary/aromatic N) is 1. The van der Waals surface area contributed by atoms with Crippen LogP contribution < -0.4 is 10.6 Å². The summed E-state index contributed by atoms with van der Waals surface area (Å²) < 4.78 is 18.3. The number of nitro groups is 1. The summed E-state index contributed by atoms with van der Waals surface area (Å²) in [5.41, 5.74) is 0.125. The van der Waals surface area contributed by atoms with E-state index in [1.807, 2.05) is 0 Å². The second-order valence-electron chi connectivity index (χ2n) is 5.19. The Morgan fingerprint density at radius 1 is 1.19 bits per heavy atom. The smallest absolute Gasteiger partial charge is 0.337 e. The Kier molecular flexibility index (Phi) is 6.20. The molecule has 0 heterocycles. The van der Waals surface area contributed by atoms with Crippen LogP contribution in [0.1, 0.15) is 16.8 Å². The van der Waals surface area contributed by atoms with Crippen molar-refractivity contribution in [2.45, 2.75) is 6.42 Å². The van der Waals surface area contributed by atoms with Crippen molar-refractivity contribution in [1.82, 2.24) is 0 Å². The van der Waals surface area contributed by atoms with E-state index in [-0.39, 0.29) is 35.6 Å². The molecule has 9 heteroatoms. The summed E-state index contributed by atoms with van der Waals surface area (Å²) in [7, 11) is 1.19. The highest BCUT2D eigenvalue weighted by molar-refractivity contribution is 5.94. The second kappa shape index (κ2) is 8.56. The van der Waals surface area contributed by atoms with Crippen LogP contribution >= 0.6 is 0 Å². The molecular formula is C17H16FN3O5. The summed E-state index contributed by atoms with van der Waals surface area (Å²) >= 11 is 0. The van der Waals surface area contributed by atoms with Crippen LogP contribution in [0.3, 0.4) is 0 Å². The number of nitrogens with one attached hydrogen (secondary N) is 2. The van der Waals surface area contributed by atoms with Gasteiger partial charge in [0.2, 0.25) is 5.91 Å². The van der Waals surface area contributed by atoms with Gasteiger partial charge in [0.25, 0.3) is 5.69 Å². The van der Waals surface area contributed by atoms with Gasteiger partial charge in [0.05, 0.1) is 23.3 Å². The Bertz CT molecular complexity index is 841. The third kappa shape index (κ3) is 4.76. The molecule has 0 aromatic heterocycles. The van der Waals surface area contributed by atoms with Gasteiger partial charge in [-0.2, -0.15) is 0 Å². The lowest BCUT2D eigenvalue weighted by Gasteiger charge is -2.09. The summed E-state index contributed by atoms with van der Waals surface area (Å²) in [6.45, 7) is 0.106. The Morgan fingerprint density at radius 3 is 2.62 bits per heavy atom. The van der Waals surface area contributed by atoms with Gasteiger partial charge in [0, 0.05) is 19.0 Å². The molecule has 0 atom stereocenters. The first-order valence-electron chi connectivity index (χ1n) is 7.57. The van der Waals surface area contributed by atoms with E-state index in [1.165, 1.54) is 37.4 Å². The van der Waals surface area contributed by atoms with E-state index in [2.05, 4.69) is 15.4 Å². The molecule has 2 aromatic rings. The van der Waals surface area contributed by atoms with Crippen LogP contribution in [0, 0.1) is 15.9 Å². The summed E-state index contributed by atoms with van der Waals surface area (Å²) in [6, 6.07) is 9.50. The first kappa shape index (κ1) is 18.8. The van der Waals surface area contributed by atoms with Gasteiger partial charge < -0.3 is 15.4 Å². The summed E-state index contributed by atoms with van der Waals surface area (Å²) in [5, 5.41) is 16.1. The quantitative estimate of drug-likeness (QED) is 0.446. The van der Waals surface area contributed by atoms with E-state index in [4.69, 9.17) is 0 Å². The van der Waals surface area contributed by atoms with Crippen molar-refractivity contribution in [3.63, 3.8) is 0 Å². The fourth-order valence-corrected chi connectivity index (χ4v) is 2.17. The zero-order valence-corrected chi connectivity index (χ0v) is 13.8. The number of amides is 1. The minimum atomic E-state index is -0.697. The molecule has 0 saturated heterocycles. The molecule has 0 aliphatic heterocycles. The molecule has 0 saturated carbocycles. The molecule has 26 heavy (non-hydrogen) atoms. The first-order valence-corrected chi connectivity index (χ1v) is 7.57. The van der Waals surface area contributed by atoms with E-state index < -0.39 is 22.6 Å². The number of nitro benzene ring substituents is 1. The molecule has 0 radical (unpaired) electrons. The van der Waals surface area contributed by atoms with E-state index in [0.717, 1.165) is 6.07 Å². The Morgan fingerprint density at radius 2 is 1.92 bits per heavy atom. The maximum atomic E-state index is 13.8. The molecule has 0 spiro atoms. The number of carbonyl (C=O) groups is 2. The number of anilines is 2. The zero-order chi connectivity index (χ0) is 19.1. The number of carbonyl (C=O) groups excluding carboxylic acids is 2. The van der Waals surface area contributed by atoms with Crippen molar-refractivity contribution in [3.05, 3.63) is 64.0 Å². The number of esters is 1. The van der Waals surface area contributed by atoms with Gasteiger partial charge >= 0.3 is 5.97 Å². The summed E-state index contributed by atoms with van der Waals surface area (Å²) in [5.74, 6) is -1.87. The van der Waals surface area contributed by atoms with Crippen molar-refractivity contribution in [1.29, 1.82) is 0 Å². The van der Waals surface area contributed by atoms with Crippen LogP contribution in [0.2, 0.25) is 0 Å². The number of hydrogen-bond donors (Lipinski definition) is 2. The van der Waals surface area contributed by atoms with E-state index in [9.17, 15) is 24.1 Å². The molecule has 136 valence electrons. The SMILES string of the molecule is COC(=O)c1ccc(F)c(NC(=O)CCNc2ccccc2[N+](=O)[O-])c1. The lowest BCUT2D eigenvalue weighted by molar-refractivity contribution is -0.384. The predicted molar refractivity (Wildman–Crippen MR) is 92.6 cm³/mol. The predicted octanol–water partition coefficient (Wildman–Crippen LogP) is 2.96. The number of ether oxygens (including phenoxy) is 1. The van der Waals surface area contributed by atoms with Gasteiger partial charge in [-0.05, 0) is 24.3 Å². The van der Waals surface area contributed by atoms with E-state index in [0.29, 0.717) is 0 Å². The van der Waals surface area contributed by atoms with Crippen LogP contribution in [-0.4, -0.2) is 30.5 Å². The zero-order valence-electron chi connectivity index (χ0n) is 13.8. The minimum Gasteiger partial charge on any atom is -0.465 e. The molecule has 0 unspecified atom stereocenters. The minimum absolute atomic E-state index is 0.0616. The Hall–Kier alpha value is -3.49. The average molecular weight is 361 g/mol. The average Bonchev–Trinajstić information content (AvgIpc) is 2.63. The monoisotopic (exact) mass is 361 g/mol. The number of rotatable bonds is 7. The molecule has 0 fully saturated rings. The number of methoxy groups -OCH3 is 1. The first-order chi connectivity index (χ1) is 12.4. The highest BCUT2D eigenvalue weighted by Gasteiger charge is 2.14. The molecule has 1 amide bonds. The van der Waals surface area contributed by atoms with Crippen molar-refractivity contribution in [2.24, 2.45) is 0 Å². The Balaban J connectivity index is 1.96. The van der Waals surface area contributed by atoms with Gasteiger partial charge in [-0.1, -0.05) is 12.1 Å². The fraction of sp³-hybridized carbons (Fsp3) is 0.176. The Labute approximate surface area is 148 Å². The van der Waals surface area contributed by atoms with Gasteiger partial charge in [0.1, 0.15) is 11.5 Å². The van der Waals surface area contributed by atoms with Crippen LogP contribution in [0.25, 0.3) is 0 Å². The maximum Gasteiger partial charge on any atom is 0.337 e. The number of para-hydroxylation sites is 2. The molecule has 0 aliphatic rings. The third-order valence-electron chi connectivity index (χ3n) is 3.43. The fourth-order valence-electron chi connectivity index (χ4n) is 2.17. The molecule has 0 aliphatic carbocycles. The van der Waals surface area contributed by atoms with Crippen LogP contribution in [0.4, 0.5) is 21.5 Å². The number of hydrogen-bond acceptors (Lipinski definition) is 6. The number of benzene rings is 2. The van der Waals surface area contributed by atoms with Crippen molar-refractivity contribution < 1.29 is 23.6 Å². The van der Waals surface area contributed by atoms with Crippen LogP contribution in [-0.2, 0) is 9.53 Å². The molecule has 0 bridgehead atoms. The van der Waals surface area contributed by atoms with Gasteiger partial charge in [0.15, 0.2) is 0 Å². The highest BCUT2D eigenvalue weighted by Crippen LogP contribution is 2.23. The molecular weight excluding hydrogens is 345 g/mol. The lowest BCUT2D eigenvalue weighted by atomic mass is 10.2. The number of halogens is 1. The maximum absolute atomic E-state index is 13.8. The standard InChI is InChI=1S/C17H16FN3O5/c1-26-17(23)11-6-7-12(18)14(10-11)20-16(22)8-9-19-13-4-2-3-5-15(13)21(24)25/h2-7,10,19H,8-9H2,1H3,(H,20,22). The van der Waals surface area contributed by atoms with Crippen molar-refractivity contribution in [3.8, 4) is 0 Å². The highest BCUT2D eigenvalue weighted by atomic mass is 19.1.